The van der Waals surface area contributed by atoms with Crippen molar-refractivity contribution in [3.8, 4) is 17.3 Å². The normalized spacial score (nSPS) is 10.6. The molecule has 0 bridgehead atoms. The van der Waals surface area contributed by atoms with E-state index in [4.69, 9.17) is 16.0 Å². The molecule has 3 rings (SSSR count). The van der Waals surface area contributed by atoms with Crippen molar-refractivity contribution in [1.82, 2.24) is 24.5 Å². The molecule has 0 amide bonds. The summed E-state index contributed by atoms with van der Waals surface area (Å²) in [5.41, 5.74) is 0.746. The molecule has 0 radical (unpaired) electrons. The van der Waals surface area contributed by atoms with Crippen LogP contribution in [0.4, 0.5) is 0 Å². The minimum atomic E-state index is 0.125. The molecule has 0 atom stereocenters. The molecule has 0 saturated carbocycles. The van der Waals surface area contributed by atoms with Gasteiger partial charge in [-0.25, -0.2) is 4.98 Å². The van der Waals surface area contributed by atoms with Crippen LogP contribution in [0.2, 0.25) is 5.28 Å². The van der Waals surface area contributed by atoms with Gasteiger partial charge in [-0.2, -0.15) is 15.0 Å². The van der Waals surface area contributed by atoms with Gasteiger partial charge in [-0.15, -0.1) is 0 Å². The van der Waals surface area contributed by atoms with Gasteiger partial charge >= 0.3 is 0 Å². The van der Waals surface area contributed by atoms with E-state index in [2.05, 4.69) is 19.9 Å². The van der Waals surface area contributed by atoms with Crippen molar-refractivity contribution >= 4 is 11.6 Å². The summed E-state index contributed by atoms with van der Waals surface area (Å²) in [6.45, 7) is 0. The van der Waals surface area contributed by atoms with E-state index in [0.717, 1.165) is 5.56 Å². The highest BCUT2D eigenvalue weighted by molar-refractivity contribution is 6.28. The van der Waals surface area contributed by atoms with Gasteiger partial charge in [0.05, 0.1) is 11.8 Å². The molecule has 3 aromatic heterocycles. The highest BCUT2D eigenvalue weighted by Crippen LogP contribution is 2.17. The van der Waals surface area contributed by atoms with E-state index in [1.165, 1.54) is 0 Å². The molecule has 0 unspecified atom stereocenters. The molecule has 3 heterocycles. The molecule has 84 valence electrons. The Morgan fingerprint density at radius 3 is 2.88 bits per heavy atom. The van der Waals surface area contributed by atoms with Gasteiger partial charge in [0, 0.05) is 12.4 Å². The Morgan fingerprint density at radius 1 is 1.24 bits per heavy atom. The van der Waals surface area contributed by atoms with E-state index in [9.17, 15) is 0 Å². The topological polar surface area (TPSA) is 69.6 Å². The van der Waals surface area contributed by atoms with Crippen molar-refractivity contribution in [1.29, 1.82) is 0 Å². The predicted octanol–water partition coefficient (Wildman–Crippen LogP) is 1.97. The molecule has 0 aliphatic carbocycles. The Kier molecular flexibility index (Phi) is 2.34. The summed E-state index contributed by atoms with van der Waals surface area (Å²) in [6.07, 6.45) is 8.04. The van der Waals surface area contributed by atoms with Crippen LogP contribution in [0.25, 0.3) is 17.3 Å². The molecule has 6 nitrogen and oxygen atoms in total. The van der Waals surface area contributed by atoms with Gasteiger partial charge < -0.3 is 4.42 Å². The first kappa shape index (κ1) is 9.98. The largest absolute Gasteiger partial charge is 0.472 e. The fraction of sp³-hybridized carbons (Fsp3) is 0. The number of furan rings is 1. The number of rotatable bonds is 2. The summed E-state index contributed by atoms with van der Waals surface area (Å²) in [7, 11) is 0. The third-order valence-corrected chi connectivity index (χ3v) is 2.28. The molecule has 0 fully saturated rings. The van der Waals surface area contributed by atoms with Crippen molar-refractivity contribution in [3.05, 3.63) is 42.6 Å². The quantitative estimate of drug-likeness (QED) is 0.692. The van der Waals surface area contributed by atoms with Crippen molar-refractivity contribution in [2.75, 3.05) is 0 Å². The molecule has 0 aromatic carbocycles. The third-order valence-electron chi connectivity index (χ3n) is 2.11. The lowest BCUT2D eigenvalue weighted by Crippen LogP contribution is -2.02. The van der Waals surface area contributed by atoms with Gasteiger partial charge in [-0.1, -0.05) is 0 Å². The molecular formula is C10H6ClN5O. The number of hydrogen-bond acceptors (Lipinski definition) is 5. The van der Waals surface area contributed by atoms with Crippen LogP contribution < -0.4 is 0 Å². The Bertz CT molecular complexity index is 568. The fourth-order valence-electron chi connectivity index (χ4n) is 1.35. The summed E-state index contributed by atoms with van der Waals surface area (Å²) in [5.74, 6) is 0.876. The SMILES string of the molecule is Clc1nc(-c2ccoc2)nc(-n2ccnc2)n1. The first-order chi connectivity index (χ1) is 8.33. The van der Waals surface area contributed by atoms with Gasteiger partial charge in [-0.3, -0.25) is 4.57 Å². The average molecular weight is 248 g/mol. The molecule has 0 spiro atoms. The minimum absolute atomic E-state index is 0.125. The summed E-state index contributed by atoms with van der Waals surface area (Å²) in [6, 6.07) is 1.75. The lowest BCUT2D eigenvalue weighted by atomic mass is 10.3. The third kappa shape index (κ3) is 1.90. The van der Waals surface area contributed by atoms with Crippen LogP contribution >= 0.6 is 11.6 Å². The summed E-state index contributed by atoms with van der Waals surface area (Å²) >= 11 is 5.86. The van der Waals surface area contributed by atoms with Crippen molar-refractivity contribution < 1.29 is 4.42 Å². The first-order valence-corrected chi connectivity index (χ1v) is 5.13. The molecule has 0 saturated heterocycles. The molecule has 7 heteroatoms. The fourth-order valence-corrected chi connectivity index (χ4v) is 1.51. The van der Waals surface area contributed by atoms with Crippen LogP contribution in [0.1, 0.15) is 0 Å². The van der Waals surface area contributed by atoms with Crippen molar-refractivity contribution in [2.24, 2.45) is 0 Å². The van der Waals surface area contributed by atoms with Gasteiger partial charge in [0.25, 0.3) is 0 Å². The van der Waals surface area contributed by atoms with E-state index in [1.807, 2.05) is 0 Å². The lowest BCUT2D eigenvalue weighted by Gasteiger charge is -2.02. The standard InChI is InChI=1S/C10H6ClN5O/c11-9-13-8(7-1-4-17-5-7)14-10(15-9)16-3-2-12-6-16/h1-6H. The van der Waals surface area contributed by atoms with Crippen molar-refractivity contribution in [3.63, 3.8) is 0 Å². The maximum absolute atomic E-state index is 5.86. The summed E-state index contributed by atoms with van der Waals surface area (Å²) < 4.78 is 6.63. The number of aromatic nitrogens is 5. The molecule has 3 aromatic rings. The number of halogens is 1. The monoisotopic (exact) mass is 247 g/mol. The number of nitrogens with zero attached hydrogens (tertiary/aromatic N) is 5. The highest BCUT2D eigenvalue weighted by Gasteiger charge is 2.09. The zero-order valence-electron chi connectivity index (χ0n) is 8.49. The molecule has 0 aliphatic heterocycles. The van der Waals surface area contributed by atoms with Gasteiger partial charge in [0.2, 0.25) is 11.2 Å². The van der Waals surface area contributed by atoms with Gasteiger partial charge in [0.1, 0.15) is 12.6 Å². The second-order valence-corrected chi connectivity index (χ2v) is 3.55. The molecule has 0 N–H and O–H groups in total. The molecule has 0 aliphatic rings. The van der Waals surface area contributed by atoms with E-state index >= 15 is 0 Å². The second-order valence-electron chi connectivity index (χ2n) is 3.21. The van der Waals surface area contributed by atoms with Crippen LogP contribution in [-0.2, 0) is 0 Å². The maximum Gasteiger partial charge on any atom is 0.239 e. The maximum atomic E-state index is 5.86. The highest BCUT2D eigenvalue weighted by atomic mass is 35.5. The Labute approximate surface area is 101 Å². The van der Waals surface area contributed by atoms with E-state index < -0.39 is 0 Å². The second kappa shape index (κ2) is 3.99. The zero-order valence-corrected chi connectivity index (χ0v) is 9.24. The smallest absolute Gasteiger partial charge is 0.239 e. The Morgan fingerprint density at radius 2 is 2.18 bits per heavy atom. The van der Waals surface area contributed by atoms with Gasteiger partial charge in [-0.05, 0) is 17.7 Å². The lowest BCUT2D eigenvalue weighted by molar-refractivity contribution is 0.568. The number of imidazole rings is 1. The van der Waals surface area contributed by atoms with Crippen LogP contribution in [0.15, 0.2) is 41.7 Å². The zero-order chi connectivity index (χ0) is 11.7. The Balaban J connectivity index is 2.13. The van der Waals surface area contributed by atoms with E-state index in [0.29, 0.717) is 11.8 Å². The Hall–Kier alpha value is -2.21. The van der Waals surface area contributed by atoms with Gasteiger partial charge in [0.15, 0.2) is 5.82 Å². The summed E-state index contributed by atoms with van der Waals surface area (Å²) in [4.78, 5) is 16.3. The van der Waals surface area contributed by atoms with Crippen LogP contribution in [0.5, 0.6) is 0 Å². The minimum Gasteiger partial charge on any atom is -0.472 e. The van der Waals surface area contributed by atoms with E-state index in [-0.39, 0.29) is 5.28 Å². The van der Waals surface area contributed by atoms with Crippen LogP contribution in [0.3, 0.4) is 0 Å². The summed E-state index contributed by atoms with van der Waals surface area (Å²) in [5, 5.41) is 0.125. The van der Waals surface area contributed by atoms with Crippen LogP contribution in [0, 0.1) is 0 Å². The van der Waals surface area contributed by atoms with E-state index in [1.54, 1.807) is 41.9 Å². The van der Waals surface area contributed by atoms with Crippen molar-refractivity contribution in [2.45, 2.75) is 0 Å². The van der Waals surface area contributed by atoms with Crippen LogP contribution in [-0.4, -0.2) is 24.5 Å². The molecular weight excluding hydrogens is 242 g/mol. The predicted molar refractivity (Wildman–Crippen MR) is 59.7 cm³/mol. The molecule has 17 heavy (non-hydrogen) atoms. The number of hydrogen-bond donors (Lipinski definition) is 0. The average Bonchev–Trinajstić information content (AvgIpc) is 3.02. The first-order valence-electron chi connectivity index (χ1n) is 4.75.